The lowest BCUT2D eigenvalue weighted by Crippen LogP contribution is -2.68. The van der Waals surface area contributed by atoms with E-state index in [1.165, 1.54) is 5.56 Å². The fourth-order valence-corrected chi connectivity index (χ4v) is 5.52. The van der Waals surface area contributed by atoms with Crippen molar-refractivity contribution in [1.82, 2.24) is 5.06 Å². The molecule has 0 aromatic heterocycles. The predicted octanol–water partition coefficient (Wildman–Crippen LogP) is 6.70. The van der Waals surface area contributed by atoms with Crippen LogP contribution in [0, 0.1) is 0 Å². The highest BCUT2D eigenvalue weighted by Gasteiger charge is 2.57. The molecule has 1 aromatic carbocycles. The molecule has 36 heavy (non-hydrogen) atoms. The molecule has 2 fully saturated rings. The Morgan fingerprint density at radius 2 is 1.50 bits per heavy atom. The van der Waals surface area contributed by atoms with E-state index >= 15 is 0 Å². The van der Waals surface area contributed by atoms with E-state index in [-0.39, 0.29) is 17.2 Å². The second-order valence-corrected chi connectivity index (χ2v) is 11.2. The largest absolute Gasteiger partial charge is 0.491 e. The number of hydrogen-bond acceptors (Lipinski definition) is 6. The Kier molecular flexibility index (Phi) is 11.1. The Labute approximate surface area is 219 Å². The van der Waals surface area contributed by atoms with Crippen molar-refractivity contribution in [2.45, 2.75) is 122 Å². The fourth-order valence-electron chi connectivity index (χ4n) is 5.52. The molecule has 3 rings (SSSR count). The first-order chi connectivity index (χ1) is 17.3. The van der Waals surface area contributed by atoms with Gasteiger partial charge in [0.15, 0.2) is 5.79 Å². The Hall–Kier alpha value is -1.18. The number of hydrogen-bond donors (Lipinski definition) is 0. The minimum Gasteiger partial charge on any atom is -0.491 e. The number of ether oxygens (including phenoxy) is 4. The maximum Gasteiger partial charge on any atom is 0.171 e. The number of rotatable bonds is 17. The zero-order valence-electron chi connectivity index (χ0n) is 23.8. The zero-order chi connectivity index (χ0) is 26.1. The van der Waals surface area contributed by atoms with Gasteiger partial charge in [-0.2, -0.15) is 5.06 Å². The molecule has 6 nitrogen and oxygen atoms in total. The quantitative estimate of drug-likeness (QED) is 0.133. The number of epoxide rings is 1. The normalized spacial score (nSPS) is 22.4. The molecule has 2 heterocycles. The number of benzene rings is 1. The SMILES string of the molecule is CCCCOC1(OCCCC)CC(C)(C)N(OCCc2ccc(OCC3CO3)cc2)C(CC)(CC)C1. The summed E-state index contributed by atoms with van der Waals surface area (Å²) in [5, 5.41) is 2.30. The molecule has 0 amide bonds. The summed E-state index contributed by atoms with van der Waals surface area (Å²) in [6.45, 7) is 17.1. The van der Waals surface area contributed by atoms with Crippen molar-refractivity contribution >= 4 is 0 Å². The Morgan fingerprint density at radius 3 is 2.03 bits per heavy atom. The van der Waals surface area contributed by atoms with Gasteiger partial charge in [0.2, 0.25) is 0 Å². The van der Waals surface area contributed by atoms with Crippen LogP contribution >= 0.6 is 0 Å². The van der Waals surface area contributed by atoms with Gasteiger partial charge in [-0.15, -0.1) is 0 Å². The van der Waals surface area contributed by atoms with Gasteiger partial charge >= 0.3 is 0 Å². The maximum atomic E-state index is 6.64. The van der Waals surface area contributed by atoms with Crippen LogP contribution in [0.3, 0.4) is 0 Å². The molecule has 206 valence electrons. The van der Waals surface area contributed by atoms with Gasteiger partial charge < -0.3 is 18.9 Å². The molecule has 0 saturated carbocycles. The monoisotopic (exact) mass is 505 g/mol. The molecular formula is C30H51NO5. The second-order valence-electron chi connectivity index (χ2n) is 11.2. The summed E-state index contributed by atoms with van der Waals surface area (Å²) in [6, 6.07) is 8.35. The van der Waals surface area contributed by atoms with Crippen molar-refractivity contribution < 1.29 is 23.8 Å². The molecule has 0 N–H and O–H groups in total. The van der Waals surface area contributed by atoms with Crippen molar-refractivity contribution in [3.63, 3.8) is 0 Å². The van der Waals surface area contributed by atoms with Gasteiger partial charge in [0.25, 0.3) is 0 Å². The summed E-state index contributed by atoms with van der Waals surface area (Å²) in [5.41, 5.74) is 0.896. The van der Waals surface area contributed by atoms with Crippen LogP contribution < -0.4 is 4.74 Å². The van der Waals surface area contributed by atoms with E-state index < -0.39 is 5.79 Å². The van der Waals surface area contributed by atoms with E-state index in [2.05, 4.69) is 58.7 Å². The third kappa shape index (κ3) is 7.91. The van der Waals surface area contributed by atoms with Crippen molar-refractivity contribution in [2.24, 2.45) is 0 Å². The Balaban J connectivity index is 1.66. The van der Waals surface area contributed by atoms with E-state index in [4.69, 9.17) is 23.8 Å². The summed E-state index contributed by atoms with van der Waals surface area (Å²) < 4.78 is 24.2. The van der Waals surface area contributed by atoms with E-state index in [1.54, 1.807) is 0 Å². The van der Waals surface area contributed by atoms with Crippen LogP contribution in [-0.4, -0.2) is 61.1 Å². The fraction of sp³-hybridized carbons (Fsp3) is 0.800. The maximum absolute atomic E-state index is 6.64. The van der Waals surface area contributed by atoms with Gasteiger partial charge in [0.05, 0.1) is 32.0 Å². The lowest BCUT2D eigenvalue weighted by Gasteiger charge is -2.59. The van der Waals surface area contributed by atoms with Gasteiger partial charge in [-0.1, -0.05) is 52.7 Å². The number of unbranched alkanes of at least 4 members (excludes halogenated alkanes) is 2. The highest BCUT2D eigenvalue weighted by atomic mass is 16.7. The molecule has 2 aliphatic rings. The predicted molar refractivity (Wildman–Crippen MR) is 144 cm³/mol. The first-order valence-electron chi connectivity index (χ1n) is 14.4. The number of piperidine rings is 1. The number of hydroxylamine groups is 2. The molecule has 0 aliphatic carbocycles. The van der Waals surface area contributed by atoms with Gasteiger partial charge in [-0.05, 0) is 63.6 Å². The first-order valence-corrected chi connectivity index (χ1v) is 14.4. The van der Waals surface area contributed by atoms with Gasteiger partial charge in [0, 0.05) is 18.4 Å². The number of nitrogens with zero attached hydrogens (tertiary/aromatic N) is 1. The van der Waals surface area contributed by atoms with Crippen LogP contribution in [0.4, 0.5) is 0 Å². The minimum absolute atomic E-state index is 0.136. The van der Waals surface area contributed by atoms with Crippen molar-refractivity contribution in [1.29, 1.82) is 0 Å². The molecule has 1 atom stereocenters. The summed E-state index contributed by atoms with van der Waals surface area (Å²) in [6.07, 6.45) is 9.10. The highest BCUT2D eigenvalue weighted by Crippen LogP contribution is 2.49. The lowest BCUT2D eigenvalue weighted by atomic mass is 9.73. The third-order valence-corrected chi connectivity index (χ3v) is 7.70. The molecule has 2 saturated heterocycles. The van der Waals surface area contributed by atoms with Crippen LogP contribution in [0.5, 0.6) is 5.75 Å². The van der Waals surface area contributed by atoms with E-state index in [0.717, 1.165) is 83.4 Å². The van der Waals surface area contributed by atoms with Gasteiger partial charge in [-0.25, -0.2) is 0 Å². The lowest BCUT2D eigenvalue weighted by molar-refractivity contribution is -0.364. The molecule has 1 aromatic rings. The first kappa shape index (κ1) is 29.4. The summed E-state index contributed by atoms with van der Waals surface area (Å²) >= 11 is 0. The van der Waals surface area contributed by atoms with E-state index in [0.29, 0.717) is 13.2 Å². The summed E-state index contributed by atoms with van der Waals surface area (Å²) in [7, 11) is 0. The van der Waals surface area contributed by atoms with E-state index in [1.807, 2.05) is 12.1 Å². The topological polar surface area (TPSA) is 52.7 Å². The van der Waals surface area contributed by atoms with Crippen LogP contribution in [0.2, 0.25) is 0 Å². The molecule has 0 radical (unpaired) electrons. The molecule has 0 bridgehead atoms. The molecule has 0 spiro atoms. The second kappa shape index (κ2) is 13.6. The van der Waals surface area contributed by atoms with Crippen LogP contribution in [0.1, 0.15) is 98.5 Å². The van der Waals surface area contributed by atoms with Gasteiger partial charge in [0.1, 0.15) is 18.5 Å². The van der Waals surface area contributed by atoms with E-state index in [9.17, 15) is 0 Å². The van der Waals surface area contributed by atoms with Gasteiger partial charge in [-0.3, -0.25) is 4.84 Å². The van der Waals surface area contributed by atoms with Crippen molar-refractivity contribution in [2.75, 3.05) is 33.0 Å². The average molecular weight is 506 g/mol. The average Bonchev–Trinajstić information content (AvgIpc) is 3.69. The molecule has 6 heteroatoms. The standard InChI is InChI=1S/C30H51NO5/c1-7-11-18-34-30(35-19-12-8-2)23-28(5,6)31(29(9-3,10-4)24-30)36-20-17-25-13-15-26(16-14-25)32-21-27-22-33-27/h13-16,27H,7-12,17-24H2,1-6H3. The third-order valence-electron chi connectivity index (χ3n) is 7.70. The van der Waals surface area contributed by atoms with Crippen LogP contribution in [0.25, 0.3) is 0 Å². The molecular weight excluding hydrogens is 454 g/mol. The highest BCUT2D eigenvalue weighted by molar-refractivity contribution is 5.27. The van der Waals surface area contributed by atoms with Crippen LogP contribution in [0.15, 0.2) is 24.3 Å². The molecule has 1 unspecified atom stereocenters. The van der Waals surface area contributed by atoms with Crippen molar-refractivity contribution in [3.8, 4) is 5.75 Å². The zero-order valence-corrected chi connectivity index (χ0v) is 23.8. The Bertz CT molecular complexity index is 747. The Morgan fingerprint density at radius 1 is 0.889 bits per heavy atom. The summed E-state index contributed by atoms with van der Waals surface area (Å²) in [4.78, 5) is 6.64. The van der Waals surface area contributed by atoms with Crippen molar-refractivity contribution in [3.05, 3.63) is 29.8 Å². The smallest absolute Gasteiger partial charge is 0.171 e. The van der Waals surface area contributed by atoms with Crippen LogP contribution in [-0.2, 0) is 25.5 Å². The summed E-state index contributed by atoms with van der Waals surface area (Å²) in [5.74, 6) is 0.340. The molecule has 2 aliphatic heterocycles. The minimum atomic E-state index is -0.555.